The molecule has 0 atom stereocenters. The van der Waals surface area contributed by atoms with Crippen LogP contribution < -0.4 is 10.3 Å². The number of fused-ring (bicyclic) bond motifs is 1. The Morgan fingerprint density at radius 2 is 1.76 bits per heavy atom. The average molecular weight is 583 g/mol. The van der Waals surface area contributed by atoms with Crippen LogP contribution in [0, 0.1) is 6.92 Å². The zero-order valence-electron chi connectivity index (χ0n) is 19.5. The maximum atomic E-state index is 13.4. The number of rotatable bonds is 5. The van der Waals surface area contributed by atoms with Gasteiger partial charge in [0.2, 0.25) is 0 Å². The highest BCUT2D eigenvalue weighted by Crippen LogP contribution is 2.25. The molecule has 7 heteroatoms. The fourth-order valence-electron chi connectivity index (χ4n) is 3.58. The van der Waals surface area contributed by atoms with E-state index in [0.717, 1.165) is 20.1 Å². The van der Waals surface area contributed by atoms with Crippen LogP contribution in [-0.4, -0.2) is 15.9 Å². The number of hydrogen-bond donors (Lipinski definition) is 0. The zero-order chi connectivity index (χ0) is 24.5. The van der Waals surface area contributed by atoms with E-state index in [0.29, 0.717) is 29.1 Å². The molecule has 0 unspecified atom stereocenters. The first kappa shape index (κ1) is 24.4. The van der Waals surface area contributed by atoms with E-state index < -0.39 is 0 Å². The van der Waals surface area contributed by atoms with Crippen LogP contribution in [0.2, 0.25) is 0 Å². The van der Waals surface area contributed by atoms with Gasteiger partial charge in [0.15, 0.2) is 0 Å². The molecule has 4 aromatic rings. The quantitative estimate of drug-likeness (QED) is 0.238. The van der Waals surface area contributed by atoms with Gasteiger partial charge in [-0.05, 0) is 48.9 Å². The van der Waals surface area contributed by atoms with Crippen molar-refractivity contribution >= 4 is 49.0 Å². The number of nitrogens with zero attached hydrogens (tertiary/aromatic N) is 3. The predicted molar refractivity (Wildman–Crippen MR) is 145 cm³/mol. The minimum Gasteiger partial charge on any atom is -0.488 e. The molecule has 0 saturated carbocycles. The van der Waals surface area contributed by atoms with Gasteiger partial charge in [-0.1, -0.05) is 82.5 Å². The molecule has 0 saturated heterocycles. The van der Waals surface area contributed by atoms with E-state index in [4.69, 9.17) is 9.72 Å². The monoisotopic (exact) mass is 581 g/mol. The van der Waals surface area contributed by atoms with Crippen LogP contribution >= 0.6 is 31.9 Å². The van der Waals surface area contributed by atoms with Gasteiger partial charge in [0.25, 0.3) is 5.56 Å². The van der Waals surface area contributed by atoms with Gasteiger partial charge >= 0.3 is 0 Å². The van der Waals surface area contributed by atoms with Crippen LogP contribution in [0.3, 0.4) is 0 Å². The average Bonchev–Trinajstić information content (AvgIpc) is 2.77. The van der Waals surface area contributed by atoms with Crippen LogP contribution in [0.5, 0.6) is 5.75 Å². The van der Waals surface area contributed by atoms with Gasteiger partial charge in [-0.3, -0.25) is 4.79 Å². The van der Waals surface area contributed by atoms with Crippen molar-refractivity contribution in [3.05, 3.63) is 102 Å². The predicted octanol–water partition coefficient (Wildman–Crippen LogP) is 6.99. The van der Waals surface area contributed by atoms with Crippen molar-refractivity contribution < 1.29 is 4.74 Å². The summed E-state index contributed by atoms with van der Waals surface area (Å²) < 4.78 is 9.21. The number of aryl methyl sites for hydroxylation is 1. The SMILES string of the molecule is Cc1cccc(COc2ccc(Br)cc2C=Nn2c(C(C)(C)C)nc3ccc(Br)cc3c2=O)c1. The van der Waals surface area contributed by atoms with Crippen molar-refractivity contribution in [3.63, 3.8) is 0 Å². The Bertz CT molecular complexity index is 1450. The fraction of sp³-hybridized carbons (Fsp3) is 0.222. The molecule has 3 aromatic carbocycles. The first-order valence-corrected chi connectivity index (χ1v) is 12.5. The van der Waals surface area contributed by atoms with Crippen molar-refractivity contribution in [3.8, 4) is 5.75 Å². The molecule has 4 rings (SSSR count). The van der Waals surface area contributed by atoms with E-state index in [1.807, 2.05) is 63.2 Å². The second kappa shape index (κ2) is 9.84. The second-order valence-corrected chi connectivity index (χ2v) is 11.0. The van der Waals surface area contributed by atoms with Crippen LogP contribution in [0.25, 0.3) is 10.9 Å². The third kappa shape index (κ3) is 5.47. The van der Waals surface area contributed by atoms with Gasteiger partial charge in [-0.2, -0.15) is 9.78 Å². The third-order valence-electron chi connectivity index (χ3n) is 5.24. The topological polar surface area (TPSA) is 56.5 Å². The van der Waals surface area contributed by atoms with Gasteiger partial charge in [0, 0.05) is 19.9 Å². The van der Waals surface area contributed by atoms with Crippen molar-refractivity contribution in [2.75, 3.05) is 0 Å². The summed E-state index contributed by atoms with van der Waals surface area (Å²) in [6.07, 6.45) is 1.65. The molecular formula is C27H25Br2N3O2. The van der Waals surface area contributed by atoms with Gasteiger partial charge in [0.1, 0.15) is 18.2 Å². The van der Waals surface area contributed by atoms with Gasteiger partial charge in [0.05, 0.1) is 17.1 Å². The highest BCUT2D eigenvalue weighted by atomic mass is 79.9. The van der Waals surface area contributed by atoms with Crippen LogP contribution in [-0.2, 0) is 12.0 Å². The molecule has 0 spiro atoms. The van der Waals surface area contributed by atoms with Crippen molar-refractivity contribution in [1.29, 1.82) is 0 Å². The number of hydrogen-bond acceptors (Lipinski definition) is 4. The Morgan fingerprint density at radius 1 is 1.03 bits per heavy atom. The summed E-state index contributed by atoms with van der Waals surface area (Å²) in [6.45, 7) is 8.54. The molecule has 0 radical (unpaired) electrons. The zero-order valence-corrected chi connectivity index (χ0v) is 22.6. The van der Waals surface area contributed by atoms with E-state index in [9.17, 15) is 4.79 Å². The molecular weight excluding hydrogens is 558 g/mol. The molecule has 0 amide bonds. The molecule has 34 heavy (non-hydrogen) atoms. The second-order valence-electron chi connectivity index (χ2n) is 9.17. The van der Waals surface area contributed by atoms with Crippen LogP contribution in [0.4, 0.5) is 0 Å². The summed E-state index contributed by atoms with van der Waals surface area (Å²) in [5, 5.41) is 5.10. The maximum Gasteiger partial charge on any atom is 0.282 e. The first-order valence-electron chi connectivity index (χ1n) is 10.9. The molecule has 5 nitrogen and oxygen atoms in total. The summed E-state index contributed by atoms with van der Waals surface area (Å²) in [6, 6.07) is 19.4. The molecule has 1 aromatic heterocycles. The molecule has 1 heterocycles. The summed E-state index contributed by atoms with van der Waals surface area (Å²) in [5.41, 5.74) is 3.06. The molecule has 0 fully saturated rings. The Hall–Kier alpha value is -2.77. The summed E-state index contributed by atoms with van der Waals surface area (Å²) in [5.74, 6) is 1.26. The minimum atomic E-state index is -0.389. The molecule has 0 aliphatic carbocycles. The number of halogens is 2. The van der Waals surface area contributed by atoms with Crippen LogP contribution in [0.1, 0.15) is 43.3 Å². The van der Waals surface area contributed by atoms with Gasteiger partial charge < -0.3 is 4.74 Å². The number of aromatic nitrogens is 2. The molecule has 0 aliphatic rings. The Balaban J connectivity index is 1.76. The smallest absolute Gasteiger partial charge is 0.282 e. The Morgan fingerprint density at radius 3 is 2.50 bits per heavy atom. The maximum absolute atomic E-state index is 13.4. The van der Waals surface area contributed by atoms with E-state index in [-0.39, 0.29) is 11.0 Å². The van der Waals surface area contributed by atoms with Gasteiger partial charge in [-0.25, -0.2) is 4.98 Å². The van der Waals surface area contributed by atoms with E-state index in [1.54, 1.807) is 12.3 Å². The summed E-state index contributed by atoms with van der Waals surface area (Å²) in [4.78, 5) is 18.2. The minimum absolute atomic E-state index is 0.218. The van der Waals surface area contributed by atoms with Crippen LogP contribution in [0.15, 0.2) is 79.5 Å². The Labute approximate surface area is 215 Å². The highest BCUT2D eigenvalue weighted by molar-refractivity contribution is 9.10. The lowest BCUT2D eigenvalue weighted by molar-refractivity contribution is 0.305. The van der Waals surface area contributed by atoms with E-state index in [1.165, 1.54) is 10.2 Å². The van der Waals surface area contributed by atoms with E-state index >= 15 is 0 Å². The molecule has 0 aliphatic heterocycles. The summed E-state index contributed by atoms with van der Waals surface area (Å²) >= 11 is 6.97. The van der Waals surface area contributed by atoms with Crippen molar-refractivity contribution in [1.82, 2.24) is 9.66 Å². The van der Waals surface area contributed by atoms with Crippen molar-refractivity contribution in [2.45, 2.75) is 39.7 Å². The third-order valence-corrected chi connectivity index (χ3v) is 6.23. The number of benzene rings is 3. The Kier molecular flexibility index (Phi) is 7.05. The lowest BCUT2D eigenvalue weighted by atomic mass is 9.95. The largest absolute Gasteiger partial charge is 0.488 e. The molecule has 0 bridgehead atoms. The first-order chi connectivity index (χ1) is 16.1. The normalized spacial score (nSPS) is 11.9. The standard InChI is InChI=1S/C27H25Br2N3O2/c1-17-6-5-7-18(12-17)16-34-24-11-9-20(28)13-19(24)15-30-32-25(33)22-14-21(29)8-10-23(22)31-26(32)27(2,3)4/h5-15H,16H2,1-4H3. The fourth-order valence-corrected chi connectivity index (χ4v) is 4.32. The lowest BCUT2D eigenvalue weighted by Crippen LogP contribution is -2.29. The molecule has 174 valence electrons. The number of ether oxygens (including phenoxy) is 1. The van der Waals surface area contributed by atoms with Gasteiger partial charge in [-0.15, -0.1) is 0 Å². The van der Waals surface area contributed by atoms with E-state index in [2.05, 4.69) is 56.0 Å². The highest BCUT2D eigenvalue weighted by Gasteiger charge is 2.23. The summed E-state index contributed by atoms with van der Waals surface area (Å²) in [7, 11) is 0. The van der Waals surface area contributed by atoms with Crippen molar-refractivity contribution in [2.24, 2.45) is 5.10 Å². The lowest BCUT2D eigenvalue weighted by Gasteiger charge is -2.21. The molecule has 0 N–H and O–H groups in total.